The van der Waals surface area contributed by atoms with Crippen LogP contribution >= 0.6 is 23.2 Å². The van der Waals surface area contributed by atoms with Crippen molar-refractivity contribution >= 4 is 44.5 Å². The van der Waals surface area contributed by atoms with Gasteiger partial charge in [-0.3, -0.25) is 4.18 Å². The molecule has 0 bridgehead atoms. The molecular weight excluding hydrogens is 313 g/mol. The predicted octanol–water partition coefficient (Wildman–Crippen LogP) is 2.06. The van der Waals surface area contributed by atoms with E-state index in [9.17, 15) is 13.0 Å². The number of nitrogens with zero attached hydrogens (tertiary/aromatic N) is 1. The largest absolute Gasteiger partial charge is 0.726 e. The fourth-order valence-corrected chi connectivity index (χ4v) is 1.88. The molecule has 19 heavy (non-hydrogen) atoms. The third kappa shape index (κ3) is 4.59. The maximum atomic E-state index is 9.22. The highest BCUT2D eigenvalue weighted by Crippen LogP contribution is 2.22. The van der Waals surface area contributed by atoms with E-state index in [2.05, 4.69) is 4.18 Å². The second kappa shape index (κ2) is 6.49. The molecule has 5 nitrogen and oxygen atoms in total. The Kier molecular flexibility index (Phi) is 5.51. The van der Waals surface area contributed by atoms with Gasteiger partial charge in [-0.05, 0) is 17.7 Å². The molecule has 2 aromatic rings. The van der Waals surface area contributed by atoms with Crippen molar-refractivity contribution in [3.8, 4) is 0 Å². The zero-order valence-electron chi connectivity index (χ0n) is 10.1. The van der Waals surface area contributed by atoms with E-state index in [1.54, 1.807) is 6.07 Å². The first-order chi connectivity index (χ1) is 8.76. The van der Waals surface area contributed by atoms with Crippen molar-refractivity contribution in [3.63, 3.8) is 0 Å². The summed E-state index contributed by atoms with van der Waals surface area (Å²) in [5.74, 6) is 0. The number of fused-ring (bicyclic) bond motifs is 1. The number of hydrogen-bond donors (Lipinski definition) is 0. The summed E-state index contributed by atoms with van der Waals surface area (Å²) in [5, 5.41) is 2.36. The lowest BCUT2D eigenvalue weighted by Gasteiger charge is -1.99. The summed E-state index contributed by atoms with van der Waals surface area (Å²) in [7, 11) is -1.69. The van der Waals surface area contributed by atoms with Crippen molar-refractivity contribution in [1.29, 1.82) is 0 Å². The lowest BCUT2D eigenvalue weighted by atomic mass is 10.2. The molecule has 8 heteroatoms. The van der Waals surface area contributed by atoms with Crippen molar-refractivity contribution in [2.45, 2.75) is 0 Å². The summed E-state index contributed by atoms with van der Waals surface area (Å²) in [4.78, 5) is 0. The van der Waals surface area contributed by atoms with Crippen molar-refractivity contribution in [2.75, 3.05) is 7.11 Å². The Balaban J connectivity index is 0.000000258. The molecular formula is C11H11Cl2NO4S. The molecule has 104 valence electrons. The van der Waals surface area contributed by atoms with E-state index in [4.69, 9.17) is 23.2 Å². The number of halogens is 2. The molecule has 0 saturated heterocycles. The molecule has 0 aliphatic rings. The van der Waals surface area contributed by atoms with Gasteiger partial charge in [0, 0.05) is 12.1 Å². The standard InChI is InChI=1S/C10H8Cl2N.CH4O4S/c1-13-9-5-3-2-4-7(9)8(11)6-10(13)12;1-5-6(2,3)4/h2-6H,1H3;1H3,(H,2,3,4)/q+1;/p-1. The number of hydrogen-bond acceptors (Lipinski definition) is 4. The Hall–Kier alpha value is -0.920. The molecule has 0 unspecified atom stereocenters. The molecule has 2 rings (SSSR count). The van der Waals surface area contributed by atoms with Gasteiger partial charge in [0.25, 0.3) is 5.15 Å². The van der Waals surface area contributed by atoms with Gasteiger partial charge in [-0.25, -0.2) is 8.42 Å². The van der Waals surface area contributed by atoms with Gasteiger partial charge in [0.05, 0.1) is 17.5 Å². The van der Waals surface area contributed by atoms with Gasteiger partial charge in [-0.2, -0.15) is 4.57 Å². The maximum absolute atomic E-state index is 9.22. The second-order valence-corrected chi connectivity index (χ2v) is 5.41. The van der Waals surface area contributed by atoms with E-state index in [0.717, 1.165) is 18.0 Å². The van der Waals surface area contributed by atoms with E-state index < -0.39 is 10.4 Å². The number of benzene rings is 1. The van der Waals surface area contributed by atoms with Gasteiger partial charge in [-0.1, -0.05) is 23.7 Å². The molecule has 0 N–H and O–H groups in total. The quantitative estimate of drug-likeness (QED) is 0.348. The first-order valence-corrected chi connectivity index (χ1v) is 7.09. The van der Waals surface area contributed by atoms with Crippen LogP contribution in [0.2, 0.25) is 10.2 Å². The van der Waals surface area contributed by atoms with Crippen molar-refractivity contribution in [2.24, 2.45) is 7.05 Å². The first-order valence-electron chi connectivity index (χ1n) is 5.00. The molecule has 0 aliphatic carbocycles. The predicted molar refractivity (Wildman–Crippen MR) is 71.9 cm³/mol. The molecule has 0 atom stereocenters. The number of aryl methyl sites for hydroxylation is 1. The Morgan fingerprint density at radius 2 is 1.79 bits per heavy atom. The van der Waals surface area contributed by atoms with E-state index >= 15 is 0 Å². The smallest absolute Gasteiger partial charge is 0.276 e. The van der Waals surface area contributed by atoms with Crippen LogP contribution in [0.1, 0.15) is 0 Å². The third-order valence-corrected chi connectivity index (χ3v) is 3.38. The fraction of sp³-hybridized carbons (Fsp3) is 0.182. The van der Waals surface area contributed by atoms with Crippen molar-refractivity contribution in [3.05, 3.63) is 40.5 Å². The minimum atomic E-state index is -4.41. The summed E-state index contributed by atoms with van der Waals surface area (Å²) < 4.78 is 32.9. The molecule has 0 amide bonds. The van der Waals surface area contributed by atoms with Gasteiger partial charge < -0.3 is 4.55 Å². The fourth-order valence-electron chi connectivity index (χ4n) is 1.36. The Morgan fingerprint density at radius 3 is 2.32 bits per heavy atom. The van der Waals surface area contributed by atoms with Crippen LogP contribution in [0.15, 0.2) is 30.3 Å². The summed E-state index contributed by atoms with van der Waals surface area (Å²) in [6.07, 6.45) is 0. The zero-order valence-corrected chi connectivity index (χ0v) is 12.5. The lowest BCUT2D eigenvalue weighted by Crippen LogP contribution is -2.30. The summed E-state index contributed by atoms with van der Waals surface area (Å²) in [5.41, 5.74) is 1.04. The molecule has 1 heterocycles. The summed E-state index contributed by atoms with van der Waals surface area (Å²) in [6, 6.07) is 9.66. The molecule has 0 saturated carbocycles. The molecule has 0 radical (unpaired) electrons. The van der Waals surface area contributed by atoms with Gasteiger partial charge in [0.2, 0.25) is 15.9 Å². The monoisotopic (exact) mass is 323 g/mol. The van der Waals surface area contributed by atoms with Gasteiger partial charge in [0.1, 0.15) is 7.05 Å². The van der Waals surface area contributed by atoms with Crippen LogP contribution in [0.5, 0.6) is 0 Å². The zero-order chi connectivity index (χ0) is 14.6. The van der Waals surface area contributed by atoms with Crippen LogP contribution in [0.3, 0.4) is 0 Å². The molecule has 1 aromatic carbocycles. The van der Waals surface area contributed by atoms with E-state index in [0.29, 0.717) is 10.2 Å². The lowest BCUT2D eigenvalue weighted by molar-refractivity contribution is -0.642. The Morgan fingerprint density at radius 1 is 1.26 bits per heavy atom. The minimum absolute atomic E-state index is 0.642. The average molecular weight is 324 g/mol. The van der Waals surface area contributed by atoms with Crippen molar-refractivity contribution in [1.82, 2.24) is 0 Å². The molecule has 0 aliphatic heterocycles. The highest BCUT2D eigenvalue weighted by Gasteiger charge is 2.12. The number of para-hydroxylation sites is 1. The Bertz CT molecular complexity index is 688. The van der Waals surface area contributed by atoms with Crippen molar-refractivity contribution < 1.29 is 21.7 Å². The Labute approximate surface area is 121 Å². The SMILES string of the molecule is COS(=O)(=O)[O-].C[n+]1c(Cl)cc(Cl)c2ccccc21. The average Bonchev–Trinajstić information content (AvgIpc) is 2.36. The van der Waals surface area contributed by atoms with Gasteiger partial charge in [-0.15, -0.1) is 0 Å². The van der Waals surface area contributed by atoms with Crippen LogP contribution in [-0.2, 0) is 21.6 Å². The number of aromatic nitrogens is 1. The van der Waals surface area contributed by atoms with Gasteiger partial charge >= 0.3 is 0 Å². The van der Waals surface area contributed by atoms with Crippen LogP contribution < -0.4 is 4.57 Å². The van der Waals surface area contributed by atoms with Crippen LogP contribution in [-0.4, -0.2) is 20.1 Å². The summed E-state index contributed by atoms with van der Waals surface area (Å²) >= 11 is 12.0. The van der Waals surface area contributed by atoms with E-state index in [1.165, 1.54) is 0 Å². The highest BCUT2D eigenvalue weighted by molar-refractivity contribution is 7.80. The summed E-state index contributed by atoms with van der Waals surface area (Å²) in [6.45, 7) is 0. The van der Waals surface area contributed by atoms with Crippen LogP contribution in [0, 0.1) is 0 Å². The topological polar surface area (TPSA) is 70.3 Å². The first kappa shape index (κ1) is 16.1. The third-order valence-electron chi connectivity index (χ3n) is 2.29. The molecule has 0 fully saturated rings. The van der Waals surface area contributed by atoms with Crippen LogP contribution in [0.4, 0.5) is 0 Å². The normalized spacial score (nSPS) is 11.0. The minimum Gasteiger partial charge on any atom is -0.726 e. The maximum Gasteiger partial charge on any atom is 0.276 e. The molecule has 1 aromatic heterocycles. The van der Waals surface area contributed by atoms with Crippen LogP contribution in [0.25, 0.3) is 10.9 Å². The molecule has 0 spiro atoms. The van der Waals surface area contributed by atoms with Gasteiger partial charge in [0.15, 0.2) is 0 Å². The second-order valence-electron chi connectivity index (χ2n) is 3.47. The highest BCUT2D eigenvalue weighted by atomic mass is 35.5. The van der Waals surface area contributed by atoms with E-state index in [-0.39, 0.29) is 0 Å². The number of pyridine rings is 1. The number of rotatable bonds is 1. The van der Waals surface area contributed by atoms with E-state index in [1.807, 2.05) is 35.9 Å².